The van der Waals surface area contributed by atoms with Gasteiger partial charge in [0.1, 0.15) is 5.75 Å². The molecule has 102 valence electrons. The van der Waals surface area contributed by atoms with Crippen LogP contribution < -0.4 is 4.74 Å². The standard InChI is InChI=1S/C14H15F2NO2/c1-2-10-7-13(18)17(8-10)9-11-5-3-4-6-12(11)19-14(15)16/h2-6,10,14H,1,7-9H2. The first-order chi connectivity index (χ1) is 9.10. The molecule has 1 amide bonds. The summed E-state index contributed by atoms with van der Waals surface area (Å²) in [5.74, 6) is 0.264. The molecule has 0 spiro atoms. The molecule has 1 aromatic rings. The van der Waals surface area contributed by atoms with E-state index in [9.17, 15) is 13.6 Å². The monoisotopic (exact) mass is 267 g/mol. The summed E-state index contributed by atoms with van der Waals surface area (Å²) >= 11 is 0. The fourth-order valence-electron chi connectivity index (χ4n) is 2.16. The number of nitrogens with zero attached hydrogens (tertiary/aromatic N) is 1. The van der Waals surface area contributed by atoms with Crippen LogP contribution in [0.4, 0.5) is 8.78 Å². The van der Waals surface area contributed by atoms with Crippen molar-refractivity contribution in [1.29, 1.82) is 0 Å². The molecule has 1 aliphatic rings. The molecule has 1 saturated heterocycles. The van der Waals surface area contributed by atoms with Gasteiger partial charge in [-0.1, -0.05) is 24.3 Å². The summed E-state index contributed by atoms with van der Waals surface area (Å²) in [5, 5.41) is 0. The lowest BCUT2D eigenvalue weighted by Crippen LogP contribution is -2.25. The van der Waals surface area contributed by atoms with Crippen molar-refractivity contribution in [2.75, 3.05) is 6.54 Å². The lowest BCUT2D eigenvalue weighted by atomic mass is 10.1. The fraction of sp³-hybridized carbons (Fsp3) is 0.357. The lowest BCUT2D eigenvalue weighted by Gasteiger charge is -2.18. The predicted octanol–water partition coefficient (Wildman–Crippen LogP) is 2.82. The van der Waals surface area contributed by atoms with Crippen molar-refractivity contribution in [3.05, 3.63) is 42.5 Å². The summed E-state index contributed by atoms with van der Waals surface area (Å²) < 4.78 is 29.0. The zero-order valence-corrected chi connectivity index (χ0v) is 10.4. The SMILES string of the molecule is C=CC1CC(=O)N(Cc2ccccc2OC(F)F)C1. The predicted molar refractivity (Wildman–Crippen MR) is 66.8 cm³/mol. The van der Waals surface area contributed by atoms with Gasteiger partial charge in [0, 0.05) is 31.0 Å². The Kier molecular flexibility index (Phi) is 4.14. The Hall–Kier alpha value is -1.91. The number of hydrogen-bond donors (Lipinski definition) is 0. The normalized spacial score (nSPS) is 19.0. The molecule has 19 heavy (non-hydrogen) atoms. The van der Waals surface area contributed by atoms with E-state index in [0.29, 0.717) is 18.5 Å². The summed E-state index contributed by atoms with van der Waals surface area (Å²) in [5.41, 5.74) is 0.584. The average molecular weight is 267 g/mol. The zero-order valence-electron chi connectivity index (χ0n) is 10.4. The van der Waals surface area contributed by atoms with Crippen LogP contribution in [0.15, 0.2) is 36.9 Å². The minimum atomic E-state index is -2.86. The summed E-state index contributed by atoms with van der Waals surface area (Å²) in [7, 11) is 0. The minimum Gasteiger partial charge on any atom is -0.434 e. The van der Waals surface area contributed by atoms with Gasteiger partial charge in [0.15, 0.2) is 0 Å². The molecule has 0 N–H and O–H groups in total. The van der Waals surface area contributed by atoms with Gasteiger partial charge in [-0.15, -0.1) is 6.58 Å². The van der Waals surface area contributed by atoms with E-state index in [2.05, 4.69) is 11.3 Å². The molecule has 0 bridgehead atoms. The molecule has 3 nitrogen and oxygen atoms in total. The quantitative estimate of drug-likeness (QED) is 0.768. The maximum atomic E-state index is 12.3. The third-order valence-corrected chi connectivity index (χ3v) is 3.13. The highest BCUT2D eigenvalue weighted by atomic mass is 19.3. The van der Waals surface area contributed by atoms with E-state index >= 15 is 0 Å². The summed E-state index contributed by atoms with van der Waals surface area (Å²) in [6, 6.07) is 6.53. The van der Waals surface area contributed by atoms with Crippen LogP contribution in [0.3, 0.4) is 0 Å². The molecule has 1 atom stereocenters. The molecule has 1 unspecified atom stereocenters. The number of ether oxygens (including phenoxy) is 1. The lowest BCUT2D eigenvalue weighted by molar-refractivity contribution is -0.128. The van der Waals surface area contributed by atoms with Gasteiger partial charge < -0.3 is 9.64 Å². The molecule has 1 heterocycles. The second kappa shape index (κ2) is 5.82. The van der Waals surface area contributed by atoms with Crippen LogP contribution in [0.5, 0.6) is 5.75 Å². The molecule has 1 aromatic carbocycles. The summed E-state index contributed by atoms with van der Waals surface area (Å²) in [4.78, 5) is 13.4. The van der Waals surface area contributed by atoms with Crippen LogP contribution in [0.2, 0.25) is 0 Å². The third kappa shape index (κ3) is 3.30. The van der Waals surface area contributed by atoms with E-state index in [4.69, 9.17) is 0 Å². The number of carbonyl (C=O) groups excluding carboxylic acids is 1. The number of carbonyl (C=O) groups is 1. The molecule has 1 fully saturated rings. The first kappa shape index (κ1) is 13.5. The van der Waals surface area contributed by atoms with E-state index < -0.39 is 6.61 Å². The van der Waals surface area contributed by atoms with Gasteiger partial charge in [0.05, 0.1) is 0 Å². The number of hydrogen-bond acceptors (Lipinski definition) is 2. The van der Waals surface area contributed by atoms with Crippen LogP contribution in [0.25, 0.3) is 0 Å². The molecule has 1 aliphatic heterocycles. The van der Waals surface area contributed by atoms with Gasteiger partial charge in [-0.25, -0.2) is 0 Å². The van der Waals surface area contributed by atoms with Gasteiger partial charge in [-0.2, -0.15) is 8.78 Å². The molecule has 2 rings (SSSR count). The topological polar surface area (TPSA) is 29.5 Å². The van der Waals surface area contributed by atoms with Crippen molar-refractivity contribution in [1.82, 2.24) is 4.90 Å². The van der Waals surface area contributed by atoms with Crippen LogP contribution in [0, 0.1) is 5.92 Å². The zero-order chi connectivity index (χ0) is 13.8. The van der Waals surface area contributed by atoms with Gasteiger partial charge in [0.25, 0.3) is 0 Å². The van der Waals surface area contributed by atoms with Crippen molar-refractivity contribution >= 4 is 5.91 Å². The van der Waals surface area contributed by atoms with E-state index in [1.807, 2.05) is 0 Å². The van der Waals surface area contributed by atoms with Crippen molar-refractivity contribution in [3.63, 3.8) is 0 Å². The Labute approximate surface area is 110 Å². The maximum absolute atomic E-state index is 12.3. The average Bonchev–Trinajstić information content (AvgIpc) is 2.72. The highest BCUT2D eigenvalue weighted by Crippen LogP contribution is 2.26. The number of amides is 1. The third-order valence-electron chi connectivity index (χ3n) is 3.13. The second-order valence-electron chi connectivity index (χ2n) is 4.46. The molecule has 0 saturated carbocycles. The van der Waals surface area contributed by atoms with E-state index in [1.54, 1.807) is 29.2 Å². The molecular formula is C14H15F2NO2. The smallest absolute Gasteiger partial charge is 0.387 e. The number of rotatable bonds is 5. The van der Waals surface area contributed by atoms with E-state index in [0.717, 1.165) is 0 Å². The first-order valence-electron chi connectivity index (χ1n) is 6.03. The van der Waals surface area contributed by atoms with E-state index in [1.165, 1.54) is 6.07 Å². The number of likely N-dealkylation sites (tertiary alicyclic amines) is 1. The Morgan fingerprint density at radius 3 is 2.84 bits per heavy atom. The molecule has 0 aromatic heterocycles. The molecule has 0 aliphatic carbocycles. The van der Waals surface area contributed by atoms with Crippen molar-refractivity contribution in [2.24, 2.45) is 5.92 Å². The highest BCUT2D eigenvalue weighted by Gasteiger charge is 2.28. The van der Waals surface area contributed by atoms with Crippen LogP contribution in [-0.4, -0.2) is 24.0 Å². The number of halogens is 2. The largest absolute Gasteiger partial charge is 0.434 e. The van der Waals surface area contributed by atoms with Gasteiger partial charge in [-0.3, -0.25) is 4.79 Å². The van der Waals surface area contributed by atoms with Crippen LogP contribution in [0.1, 0.15) is 12.0 Å². The van der Waals surface area contributed by atoms with Crippen molar-refractivity contribution in [2.45, 2.75) is 19.6 Å². The number of benzene rings is 1. The van der Waals surface area contributed by atoms with Crippen LogP contribution >= 0.6 is 0 Å². The molecule has 5 heteroatoms. The van der Waals surface area contributed by atoms with E-state index in [-0.39, 0.29) is 24.1 Å². The highest BCUT2D eigenvalue weighted by molar-refractivity contribution is 5.79. The Bertz CT molecular complexity index is 476. The summed E-state index contributed by atoms with van der Waals surface area (Å²) in [6.07, 6.45) is 2.18. The van der Waals surface area contributed by atoms with Gasteiger partial charge >= 0.3 is 6.61 Å². The fourth-order valence-corrected chi connectivity index (χ4v) is 2.16. The minimum absolute atomic E-state index is 0.0109. The van der Waals surface area contributed by atoms with Crippen LogP contribution in [-0.2, 0) is 11.3 Å². The van der Waals surface area contributed by atoms with Gasteiger partial charge in [-0.05, 0) is 6.07 Å². The second-order valence-corrected chi connectivity index (χ2v) is 4.46. The van der Waals surface area contributed by atoms with Crippen molar-refractivity contribution in [3.8, 4) is 5.75 Å². The Morgan fingerprint density at radius 2 is 2.21 bits per heavy atom. The first-order valence-corrected chi connectivity index (χ1v) is 6.03. The van der Waals surface area contributed by atoms with Crippen molar-refractivity contribution < 1.29 is 18.3 Å². The van der Waals surface area contributed by atoms with Gasteiger partial charge in [0.2, 0.25) is 5.91 Å². The summed E-state index contributed by atoms with van der Waals surface area (Å²) in [6.45, 7) is 1.67. The Balaban J connectivity index is 2.11. The molecular weight excluding hydrogens is 252 g/mol. The number of para-hydroxylation sites is 1. The molecule has 0 radical (unpaired) electrons. The maximum Gasteiger partial charge on any atom is 0.387 e. The Morgan fingerprint density at radius 1 is 1.47 bits per heavy atom. The number of alkyl halides is 2.